The molecular weight excluding hydrogens is 383 g/mol. The minimum absolute atomic E-state index is 0. The van der Waals surface area contributed by atoms with Crippen molar-refractivity contribution in [3.63, 3.8) is 0 Å². The van der Waals surface area contributed by atoms with Crippen LogP contribution in [0.5, 0.6) is 0 Å². The first-order chi connectivity index (χ1) is 13.0. The van der Waals surface area contributed by atoms with Crippen molar-refractivity contribution in [3.8, 4) is 0 Å². The number of carbonyl (C=O) groups is 1. The summed E-state index contributed by atoms with van der Waals surface area (Å²) in [5, 5.41) is 3.60. The van der Waals surface area contributed by atoms with E-state index in [4.69, 9.17) is 8.83 Å². The van der Waals surface area contributed by atoms with Gasteiger partial charge in [0.25, 0.3) is 5.91 Å². The lowest BCUT2D eigenvalue weighted by Crippen LogP contribution is -2.36. The summed E-state index contributed by atoms with van der Waals surface area (Å²) in [6.07, 6.45) is 2.30. The van der Waals surface area contributed by atoms with Crippen LogP contribution < -0.4 is 5.32 Å². The number of furan rings is 2. The molecule has 1 amide bonds. The number of nitrogens with zero attached hydrogens (tertiary/aromatic N) is 1. The predicted molar refractivity (Wildman–Crippen MR) is 107 cm³/mol. The Bertz CT molecular complexity index is 975. The lowest BCUT2D eigenvalue weighted by atomic mass is 10.1. The molecule has 2 aromatic heterocycles. The molecule has 150 valence electrons. The average Bonchev–Trinajstić information content (AvgIpc) is 3.38. The van der Waals surface area contributed by atoms with Crippen LogP contribution in [-0.2, 0) is 0 Å². The zero-order valence-corrected chi connectivity index (χ0v) is 16.8. The van der Waals surface area contributed by atoms with E-state index in [-0.39, 0.29) is 35.9 Å². The summed E-state index contributed by atoms with van der Waals surface area (Å²) in [5.41, 5.74) is 1.16. The van der Waals surface area contributed by atoms with Gasteiger partial charge in [0.15, 0.2) is 5.76 Å². The molecule has 3 aromatic rings. The molecule has 0 saturated carbocycles. The van der Waals surface area contributed by atoms with Crippen LogP contribution in [0.2, 0.25) is 0 Å². The number of fused-ring (bicyclic) bond motifs is 1. The van der Waals surface area contributed by atoms with Gasteiger partial charge in [-0.05, 0) is 70.1 Å². The topological polar surface area (TPSA) is 58.6 Å². The maximum atomic E-state index is 13.5. The number of aryl methyl sites for hydroxylation is 2. The van der Waals surface area contributed by atoms with E-state index >= 15 is 0 Å². The molecule has 0 spiro atoms. The van der Waals surface area contributed by atoms with E-state index in [2.05, 4.69) is 10.2 Å². The van der Waals surface area contributed by atoms with Crippen LogP contribution in [0.4, 0.5) is 4.39 Å². The summed E-state index contributed by atoms with van der Waals surface area (Å²) in [7, 11) is 0. The van der Waals surface area contributed by atoms with Crippen LogP contribution >= 0.6 is 12.4 Å². The van der Waals surface area contributed by atoms with Crippen LogP contribution in [0.25, 0.3) is 11.0 Å². The van der Waals surface area contributed by atoms with Gasteiger partial charge in [-0.1, -0.05) is 0 Å². The number of carbonyl (C=O) groups excluding carboxylic acids is 1. The Kier molecular flexibility index (Phi) is 6.10. The fraction of sp³-hybridized carbons (Fsp3) is 0.381. The standard InChI is InChI=1S/C21H23FN2O3.ClH/c1-13-5-7-19(26-13)17(24-9-3-4-10-24)12-23-21(25)20-14(2)16-11-15(22)6-8-18(16)27-20;/h5-8,11,17H,3-4,9-10,12H2,1-2H3,(H,23,25);1H. The van der Waals surface area contributed by atoms with Crippen molar-refractivity contribution in [1.82, 2.24) is 10.2 Å². The second-order valence-electron chi connectivity index (χ2n) is 7.11. The van der Waals surface area contributed by atoms with E-state index in [1.165, 1.54) is 12.1 Å². The van der Waals surface area contributed by atoms with Crippen LogP contribution in [0.1, 0.15) is 46.5 Å². The van der Waals surface area contributed by atoms with Crippen molar-refractivity contribution in [2.75, 3.05) is 19.6 Å². The largest absolute Gasteiger partial charge is 0.465 e. The molecule has 0 radical (unpaired) electrons. The maximum absolute atomic E-state index is 13.5. The van der Waals surface area contributed by atoms with E-state index in [0.717, 1.165) is 37.5 Å². The summed E-state index contributed by atoms with van der Waals surface area (Å²) in [6, 6.07) is 8.18. The van der Waals surface area contributed by atoms with Crippen molar-refractivity contribution in [2.24, 2.45) is 0 Å². The molecule has 1 N–H and O–H groups in total. The molecule has 3 heterocycles. The Morgan fingerprint density at radius 2 is 1.93 bits per heavy atom. The predicted octanol–water partition coefficient (Wildman–Crippen LogP) is 4.77. The van der Waals surface area contributed by atoms with Crippen molar-refractivity contribution in [3.05, 3.63) is 59.0 Å². The monoisotopic (exact) mass is 406 g/mol. The normalized spacial score (nSPS) is 15.5. The molecule has 1 atom stereocenters. The van der Waals surface area contributed by atoms with Crippen molar-refractivity contribution >= 4 is 29.3 Å². The Labute approximate surface area is 169 Å². The first-order valence-electron chi connectivity index (χ1n) is 9.30. The van der Waals surface area contributed by atoms with Gasteiger partial charge in [-0.15, -0.1) is 12.4 Å². The number of hydrogen-bond acceptors (Lipinski definition) is 4. The van der Waals surface area contributed by atoms with E-state index in [0.29, 0.717) is 23.1 Å². The lowest BCUT2D eigenvalue weighted by Gasteiger charge is -2.25. The quantitative estimate of drug-likeness (QED) is 0.663. The summed E-state index contributed by atoms with van der Waals surface area (Å²) in [6.45, 7) is 6.09. The van der Waals surface area contributed by atoms with Gasteiger partial charge < -0.3 is 14.2 Å². The van der Waals surface area contributed by atoms with Crippen LogP contribution in [-0.4, -0.2) is 30.4 Å². The maximum Gasteiger partial charge on any atom is 0.287 e. The van der Waals surface area contributed by atoms with E-state index in [1.54, 1.807) is 13.0 Å². The van der Waals surface area contributed by atoms with Gasteiger partial charge in [0.1, 0.15) is 22.9 Å². The fourth-order valence-corrected chi connectivity index (χ4v) is 3.77. The molecular formula is C21H24ClFN2O3. The number of halogens is 2. The molecule has 1 aliphatic rings. The molecule has 0 aliphatic carbocycles. The molecule has 1 aromatic carbocycles. The SMILES string of the molecule is Cc1ccc(C(CNC(=O)c2oc3ccc(F)cc3c2C)N2CCCC2)o1.Cl. The van der Waals surface area contributed by atoms with E-state index in [9.17, 15) is 9.18 Å². The van der Waals surface area contributed by atoms with E-state index < -0.39 is 0 Å². The first-order valence-corrected chi connectivity index (χ1v) is 9.30. The fourth-order valence-electron chi connectivity index (χ4n) is 3.77. The van der Waals surface area contributed by atoms with Crippen LogP contribution in [0, 0.1) is 19.7 Å². The summed E-state index contributed by atoms with van der Waals surface area (Å²) in [5.74, 6) is 1.30. The lowest BCUT2D eigenvalue weighted by molar-refractivity contribution is 0.0907. The summed E-state index contributed by atoms with van der Waals surface area (Å²) < 4.78 is 25.0. The molecule has 1 fully saturated rings. The highest BCUT2D eigenvalue weighted by Crippen LogP contribution is 2.28. The van der Waals surface area contributed by atoms with Gasteiger partial charge in [0.2, 0.25) is 0 Å². The molecule has 7 heteroatoms. The number of likely N-dealkylation sites (tertiary alicyclic amines) is 1. The molecule has 28 heavy (non-hydrogen) atoms. The van der Waals surface area contributed by atoms with E-state index in [1.807, 2.05) is 19.1 Å². The van der Waals surface area contributed by atoms with Gasteiger partial charge in [0.05, 0.1) is 6.04 Å². The van der Waals surface area contributed by atoms with Crippen LogP contribution in [0.3, 0.4) is 0 Å². The van der Waals surface area contributed by atoms with Gasteiger partial charge in [-0.25, -0.2) is 4.39 Å². The first kappa shape index (κ1) is 20.4. The highest BCUT2D eigenvalue weighted by molar-refractivity contribution is 5.98. The second kappa shape index (κ2) is 8.37. The van der Waals surface area contributed by atoms with Crippen molar-refractivity contribution in [1.29, 1.82) is 0 Å². The van der Waals surface area contributed by atoms with Gasteiger partial charge in [-0.3, -0.25) is 9.69 Å². The highest BCUT2D eigenvalue weighted by Gasteiger charge is 2.27. The smallest absolute Gasteiger partial charge is 0.287 e. The minimum Gasteiger partial charge on any atom is -0.465 e. The highest BCUT2D eigenvalue weighted by atomic mass is 35.5. The molecule has 5 nitrogen and oxygen atoms in total. The average molecular weight is 407 g/mol. The second-order valence-corrected chi connectivity index (χ2v) is 7.11. The molecule has 0 bridgehead atoms. The van der Waals surface area contributed by atoms with Crippen molar-refractivity contribution < 1.29 is 18.0 Å². The van der Waals surface area contributed by atoms with Crippen LogP contribution in [0.15, 0.2) is 39.2 Å². The molecule has 1 saturated heterocycles. The summed E-state index contributed by atoms with van der Waals surface area (Å²) >= 11 is 0. The van der Waals surface area contributed by atoms with Gasteiger partial charge in [0, 0.05) is 17.5 Å². The Balaban J connectivity index is 0.00000225. The Hall–Kier alpha value is -2.31. The number of amides is 1. The Morgan fingerprint density at radius 3 is 2.61 bits per heavy atom. The third-order valence-electron chi connectivity index (χ3n) is 5.23. The van der Waals surface area contributed by atoms with Crippen molar-refractivity contribution in [2.45, 2.75) is 32.7 Å². The van der Waals surface area contributed by atoms with Gasteiger partial charge in [-0.2, -0.15) is 0 Å². The zero-order chi connectivity index (χ0) is 19.0. The number of hydrogen-bond donors (Lipinski definition) is 1. The number of rotatable bonds is 5. The number of nitrogens with one attached hydrogen (secondary N) is 1. The summed E-state index contributed by atoms with van der Waals surface area (Å²) in [4.78, 5) is 15.1. The minimum atomic E-state index is -0.347. The van der Waals surface area contributed by atoms with Gasteiger partial charge >= 0.3 is 0 Å². The molecule has 4 rings (SSSR count). The molecule has 1 aliphatic heterocycles. The third kappa shape index (κ3) is 3.93. The third-order valence-corrected chi connectivity index (χ3v) is 5.23. The zero-order valence-electron chi connectivity index (χ0n) is 16.0. The Morgan fingerprint density at radius 1 is 1.18 bits per heavy atom. The molecule has 1 unspecified atom stereocenters. The number of benzene rings is 1.